The maximum Gasteiger partial charge on any atom is 0.192 e. The van der Waals surface area contributed by atoms with Crippen LogP contribution in [0.5, 0.6) is 0 Å². The zero-order valence-corrected chi connectivity index (χ0v) is 21.7. The molecule has 28 heavy (non-hydrogen) atoms. The molecule has 5 atom stereocenters. The van der Waals surface area contributed by atoms with Gasteiger partial charge in [0.05, 0.1) is 6.61 Å². The second-order valence-electron chi connectivity index (χ2n) is 10.9. The highest BCUT2D eigenvalue weighted by Gasteiger charge is 2.50. The van der Waals surface area contributed by atoms with Crippen LogP contribution in [0, 0.1) is 11.8 Å². The fraction of sp³-hybridized carbons (Fsp3) is 0.905. The van der Waals surface area contributed by atoms with Crippen molar-refractivity contribution in [3.05, 3.63) is 0 Å². The molecule has 5 nitrogen and oxygen atoms in total. The second kappa shape index (κ2) is 8.88. The number of rotatable bonds is 5. The molecule has 1 fully saturated rings. The summed E-state index contributed by atoms with van der Waals surface area (Å²) in [7, 11) is -4.19. The number of ether oxygens (including phenoxy) is 1. The average Bonchev–Trinajstić information content (AvgIpc) is 2.51. The van der Waals surface area contributed by atoms with E-state index in [9.17, 15) is 10.2 Å². The molecule has 1 aliphatic heterocycles. The summed E-state index contributed by atoms with van der Waals surface area (Å²) in [5.74, 6) is 5.65. The zero-order chi connectivity index (χ0) is 22.1. The summed E-state index contributed by atoms with van der Waals surface area (Å²) in [4.78, 5) is 0. The van der Waals surface area contributed by atoms with Crippen LogP contribution in [-0.4, -0.2) is 64.0 Å². The van der Waals surface area contributed by atoms with E-state index in [1.807, 2.05) is 0 Å². The van der Waals surface area contributed by atoms with Crippen LogP contribution < -0.4 is 0 Å². The molecule has 2 N–H and O–H groups in total. The Hall–Kier alpha value is -0.206. The number of hydrogen-bond acceptors (Lipinski definition) is 5. The van der Waals surface area contributed by atoms with Gasteiger partial charge < -0.3 is 23.8 Å². The predicted octanol–water partition coefficient (Wildman–Crippen LogP) is 3.91. The molecule has 7 heteroatoms. The largest absolute Gasteiger partial charge is 0.414 e. The molecule has 0 spiro atoms. The molecule has 1 aliphatic rings. The lowest BCUT2D eigenvalue weighted by atomic mass is 9.95. The molecule has 1 heterocycles. The van der Waals surface area contributed by atoms with Gasteiger partial charge in [0.25, 0.3) is 0 Å². The molecule has 0 aliphatic carbocycles. The smallest absolute Gasteiger partial charge is 0.192 e. The summed E-state index contributed by atoms with van der Waals surface area (Å²) in [6.07, 6.45) is -4.04. The van der Waals surface area contributed by atoms with Crippen molar-refractivity contribution in [1.29, 1.82) is 0 Å². The zero-order valence-electron chi connectivity index (χ0n) is 19.7. The summed E-state index contributed by atoms with van der Waals surface area (Å²) in [5, 5.41) is 21.5. The van der Waals surface area contributed by atoms with Crippen LogP contribution in [0.3, 0.4) is 0 Å². The van der Waals surface area contributed by atoms with Gasteiger partial charge >= 0.3 is 0 Å². The lowest BCUT2D eigenvalue weighted by molar-refractivity contribution is -0.208. The van der Waals surface area contributed by atoms with Gasteiger partial charge in [-0.25, -0.2) is 0 Å². The fourth-order valence-corrected chi connectivity index (χ4v) is 4.84. The van der Waals surface area contributed by atoms with Gasteiger partial charge in [0.15, 0.2) is 16.6 Å². The number of hydrogen-bond donors (Lipinski definition) is 2. The van der Waals surface area contributed by atoms with E-state index in [0.717, 1.165) is 0 Å². The summed E-state index contributed by atoms with van der Waals surface area (Å²) in [5.41, 5.74) is 0. The summed E-state index contributed by atoms with van der Waals surface area (Å²) in [6, 6.07) is 0. The summed E-state index contributed by atoms with van der Waals surface area (Å²) < 4.78 is 19.0. The van der Waals surface area contributed by atoms with Gasteiger partial charge in [0.2, 0.25) is 0 Å². The van der Waals surface area contributed by atoms with E-state index in [1.54, 1.807) is 6.92 Å². The Morgan fingerprint density at radius 2 is 1.39 bits per heavy atom. The van der Waals surface area contributed by atoms with Crippen LogP contribution >= 0.6 is 0 Å². The molecule has 0 radical (unpaired) electrons. The molecule has 164 valence electrons. The monoisotopic (exact) mass is 430 g/mol. The maximum atomic E-state index is 10.9. The average molecular weight is 431 g/mol. The number of aliphatic hydroxyl groups is 2. The lowest BCUT2D eigenvalue weighted by Crippen LogP contribution is -2.63. The van der Waals surface area contributed by atoms with Crippen LogP contribution in [0.1, 0.15) is 48.5 Å². The SMILES string of the molecule is CC#C[C@H]1O[C@H](CO[Si](C)(C)C(C)(C)C)[C@@H](O[Si](C)(C)C(C)(C)C)[C@H](O)[C@@H]1O. The van der Waals surface area contributed by atoms with E-state index in [-0.39, 0.29) is 10.1 Å². The van der Waals surface area contributed by atoms with E-state index < -0.39 is 47.2 Å². The van der Waals surface area contributed by atoms with Crippen LogP contribution in [0.4, 0.5) is 0 Å². The van der Waals surface area contributed by atoms with Crippen molar-refractivity contribution in [3.63, 3.8) is 0 Å². The summed E-state index contributed by atoms with van der Waals surface area (Å²) in [6.45, 7) is 23.7. The van der Waals surface area contributed by atoms with E-state index in [1.165, 1.54) is 0 Å². The number of aliphatic hydroxyl groups excluding tert-OH is 2. The molecule has 0 aromatic rings. The highest BCUT2D eigenvalue weighted by atomic mass is 28.4. The van der Waals surface area contributed by atoms with Crippen molar-refractivity contribution in [2.45, 2.75) is 115 Å². The Labute approximate surface area is 174 Å². The van der Waals surface area contributed by atoms with Crippen molar-refractivity contribution in [3.8, 4) is 11.8 Å². The topological polar surface area (TPSA) is 68.2 Å². The third-order valence-corrected chi connectivity index (χ3v) is 15.6. The van der Waals surface area contributed by atoms with Crippen LogP contribution in [-0.2, 0) is 13.6 Å². The normalized spacial score (nSPS) is 30.0. The molecular weight excluding hydrogens is 388 g/mol. The minimum absolute atomic E-state index is 0.0252. The van der Waals surface area contributed by atoms with Crippen LogP contribution in [0.25, 0.3) is 0 Å². The van der Waals surface area contributed by atoms with Gasteiger partial charge in [-0.3, -0.25) is 0 Å². The first kappa shape index (κ1) is 25.8. The van der Waals surface area contributed by atoms with E-state index in [4.69, 9.17) is 13.6 Å². The minimum atomic E-state index is -2.19. The van der Waals surface area contributed by atoms with Crippen molar-refractivity contribution >= 4 is 16.6 Å². The van der Waals surface area contributed by atoms with Crippen molar-refractivity contribution in [2.75, 3.05) is 6.61 Å². The lowest BCUT2D eigenvalue weighted by Gasteiger charge is -2.48. The molecule has 0 amide bonds. The van der Waals surface area contributed by atoms with Crippen molar-refractivity contribution < 1.29 is 23.8 Å². The highest BCUT2D eigenvalue weighted by Crippen LogP contribution is 2.40. The van der Waals surface area contributed by atoms with Crippen LogP contribution in [0.15, 0.2) is 0 Å². The van der Waals surface area contributed by atoms with Gasteiger partial charge in [-0.15, -0.1) is 5.92 Å². The molecule has 0 aromatic heterocycles. The Bertz CT molecular complexity index is 580. The first-order valence-electron chi connectivity index (χ1n) is 10.2. The van der Waals surface area contributed by atoms with Gasteiger partial charge in [0.1, 0.15) is 30.5 Å². The van der Waals surface area contributed by atoms with Gasteiger partial charge in [0, 0.05) is 0 Å². The fourth-order valence-electron chi connectivity index (χ4n) is 2.50. The Morgan fingerprint density at radius 3 is 1.82 bits per heavy atom. The molecular formula is C21H42O5Si2. The molecule has 0 unspecified atom stereocenters. The summed E-state index contributed by atoms with van der Waals surface area (Å²) >= 11 is 0. The third kappa shape index (κ3) is 5.91. The standard InChI is InChI=1S/C21H42O5Si2/c1-12-13-15-17(22)18(23)19(26-28(10,11)21(5,6)7)16(25-15)14-24-27(8,9)20(2,3)4/h15-19,22-23H,14H2,1-11H3/t15-,16-,17-,18-,19-/m1/s1. The van der Waals surface area contributed by atoms with E-state index >= 15 is 0 Å². The van der Waals surface area contributed by atoms with Gasteiger partial charge in [-0.2, -0.15) is 0 Å². The molecule has 0 saturated carbocycles. The van der Waals surface area contributed by atoms with Crippen molar-refractivity contribution in [1.82, 2.24) is 0 Å². The van der Waals surface area contributed by atoms with Gasteiger partial charge in [-0.05, 0) is 43.2 Å². The van der Waals surface area contributed by atoms with E-state index in [2.05, 4.69) is 79.6 Å². The Balaban J connectivity index is 3.14. The van der Waals surface area contributed by atoms with Crippen LogP contribution in [0.2, 0.25) is 36.3 Å². The second-order valence-corrected chi connectivity index (χ2v) is 20.5. The predicted molar refractivity (Wildman–Crippen MR) is 119 cm³/mol. The maximum absolute atomic E-state index is 10.9. The van der Waals surface area contributed by atoms with Crippen molar-refractivity contribution in [2.24, 2.45) is 0 Å². The molecule has 0 aromatic carbocycles. The Kier molecular flexibility index (Phi) is 8.20. The molecule has 1 saturated heterocycles. The quantitative estimate of drug-likeness (QED) is 0.511. The Morgan fingerprint density at radius 1 is 0.893 bits per heavy atom. The highest BCUT2D eigenvalue weighted by molar-refractivity contribution is 6.74. The van der Waals surface area contributed by atoms with Gasteiger partial charge in [-0.1, -0.05) is 47.5 Å². The molecule has 1 rings (SSSR count). The molecule has 0 bridgehead atoms. The van der Waals surface area contributed by atoms with E-state index in [0.29, 0.717) is 6.61 Å². The first-order chi connectivity index (χ1) is 12.4. The third-order valence-electron chi connectivity index (χ3n) is 6.62. The first-order valence-corrected chi connectivity index (χ1v) is 16.0. The minimum Gasteiger partial charge on any atom is -0.414 e.